The maximum Gasteiger partial charge on any atom is 0.275 e. The molecule has 1 amide bonds. The second kappa shape index (κ2) is 9.52. The zero-order valence-corrected chi connectivity index (χ0v) is 17.8. The summed E-state index contributed by atoms with van der Waals surface area (Å²) in [7, 11) is 0. The van der Waals surface area contributed by atoms with Crippen LogP contribution < -0.4 is 10.2 Å². The highest BCUT2D eigenvalue weighted by Crippen LogP contribution is 2.32. The van der Waals surface area contributed by atoms with E-state index in [1.165, 1.54) is 6.21 Å². The molecule has 0 radical (unpaired) electrons. The number of carbonyl (C=O) groups is 1. The molecule has 0 atom stereocenters. The first-order valence-electron chi connectivity index (χ1n) is 8.32. The predicted molar refractivity (Wildman–Crippen MR) is 116 cm³/mol. The minimum absolute atomic E-state index is 0.102. The first-order valence-corrected chi connectivity index (χ1v) is 9.90. The van der Waals surface area contributed by atoms with Gasteiger partial charge in [-0.25, -0.2) is 5.43 Å². The molecule has 28 heavy (non-hydrogen) atoms. The number of hydrogen-bond donors (Lipinski definition) is 2. The van der Waals surface area contributed by atoms with Crippen LogP contribution in [0.3, 0.4) is 0 Å². The predicted octanol–water partition coefficient (Wildman–Crippen LogP) is 5.26. The van der Waals surface area contributed by atoms with Crippen molar-refractivity contribution in [3.05, 3.63) is 92.4 Å². The first-order chi connectivity index (χ1) is 13.5. The van der Waals surface area contributed by atoms with Crippen LogP contribution in [0.15, 0.2) is 80.8 Å². The number of halogens is 2. The zero-order chi connectivity index (χ0) is 19.9. The second-order valence-corrected chi connectivity index (χ2v) is 7.51. The lowest BCUT2D eigenvalue weighted by atomic mass is 10.2. The number of hydrazone groups is 1. The van der Waals surface area contributed by atoms with Crippen molar-refractivity contribution in [2.75, 3.05) is 0 Å². The number of aromatic hydroxyl groups is 1. The molecule has 2 N–H and O–H groups in total. The van der Waals surface area contributed by atoms with Gasteiger partial charge >= 0.3 is 0 Å². The van der Waals surface area contributed by atoms with E-state index in [0.29, 0.717) is 32.4 Å². The summed E-state index contributed by atoms with van der Waals surface area (Å²) >= 11 is 6.51. The molecule has 0 aliphatic carbocycles. The first kappa shape index (κ1) is 20.1. The molecular weight excluding hydrogens is 488 g/mol. The third kappa shape index (κ3) is 5.21. The van der Waals surface area contributed by atoms with E-state index in [-0.39, 0.29) is 11.7 Å². The fraction of sp³-hybridized carbons (Fsp3) is 0.0476. The third-order valence-corrected chi connectivity index (χ3v) is 5.00. The topological polar surface area (TPSA) is 70.9 Å². The van der Waals surface area contributed by atoms with Gasteiger partial charge in [-0.2, -0.15) is 5.10 Å². The molecule has 0 unspecified atom stereocenters. The largest absolute Gasteiger partial charge is 0.506 e. The quantitative estimate of drug-likeness (QED) is 0.356. The Balaban J connectivity index is 1.67. The lowest BCUT2D eigenvalue weighted by Crippen LogP contribution is -2.18. The molecule has 0 aromatic heterocycles. The molecule has 0 aliphatic rings. The summed E-state index contributed by atoms with van der Waals surface area (Å²) in [5.74, 6) is 0.205. The van der Waals surface area contributed by atoms with Crippen molar-refractivity contribution < 1.29 is 14.6 Å². The summed E-state index contributed by atoms with van der Waals surface area (Å²) < 4.78 is 6.85. The van der Waals surface area contributed by atoms with Crippen molar-refractivity contribution in [2.24, 2.45) is 5.10 Å². The molecule has 0 fully saturated rings. The Morgan fingerprint density at radius 3 is 2.39 bits per heavy atom. The van der Waals surface area contributed by atoms with Crippen molar-refractivity contribution in [2.45, 2.75) is 6.61 Å². The van der Waals surface area contributed by atoms with E-state index >= 15 is 0 Å². The lowest BCUT2D eigenvalue weighted by molar-refractivity contribution is 0.0950. The van der Waals surface area contributed by atoms with Crippen LogP contribution >= 0.6 is 31.9 Å². The number of hydrogen-bond acceptors (Lipinski definition) is 4. The Bertz CT molecular complexity index is 985. The summed E-state index contributed by atoms with van der Waals surface area (Å²) in [6.07, 6.45) is 1.49. The second-order valence-electron chi connectivity index (χ2n) is 5.80. The third-order valence-electron chi connectivity index (χ3n) is 3.79. The normalized spacial score (nSPS) is 10.8. The molecule has 0 spiro atoms. The summed E-state index contributed by atoms with van der Waals surface area (Å²) in [6.45, 7) is 0.365. The molecule has 3 rings (SSSR count). The van der Waals surface area contributed by atoms with Crippen LogP contribution in [0, 0.1) is 0 Å². The molecule has 3 aromatic rings. The number of phenols is 1. The Labute approximate surface area is 179 Å². The fourth-order valence-corrected chi connectivity index (χ4v) is 3.62. The molecule has 7 heteroatoms. The Morgan fingerprint density at radius 2 is 1.68 bits per heavy atom. The van der Waals surface area contributed by atoms with Crippen LogP contribution in [0.5, 0.6) is 11.5 Å². The number of rotatable bonds is 6. The lowest BCUT2D eigenvalue weighted by Gasteiger charge is -2.10. The Kier molecular flexibility index (Phi) is 6.84. The van der Waals surface area contributed by atoms with E-state index in [9.17, 15) is 9.90 Å². The van der Waals surface area contributed by atoms with Gasteiger partial charge in [-0.1, -0.05) is 42.5 Å². The highest BCUT2D eigenvalue weighted by atomic mass is 79.9. The SMILES string of the molecule is O=C(N/N=C/c1cc(Br)c(O)c(Br)c1)c1ccccc1OCc1ccccc1. The van der Waals surface area contributed by atoms with Gasteiger partial charge in [-0.3, -0.25) is 4.79 Å². The van der Waals surface area contributed by atoms with Crippen molar-refractivity contribution in [3.8, 4) is 11.5 Å². The van der Waals surface area contributed by atoms with Crippen molar-refractivity contribution in [1.82, 2.24) is 5.43 Å². The van der Waals surface area contributed by atoms with E-state index < -0.39 is 0 Å². The zero-order valence-electron chi connectivity index (χ0n) is 14.6. The average Bonchev–Trinajstić information content (AvgIpc) is 2.71. The van der Waals surface area contributed by atoms with Crippen molar-refractivity contribution in [3.63, 3.8) is 0 Å². The van der Waals surface area contributed by atoms with Gasteiger partial charge in [0.05, 0.1) is 20.7 Å². The van der Waals surface area contributed by atoms with Gasteiger partial charge in [0, 0.05) is 0 Å². The summed E-state index contributed by atoms with van der Waals surface area (Å²) in [5.41, 5.74) is 4.60. The van der Waals surface area contributed by atoms with E-state index in [1.54, 1.807) is 30.3 Å². The van der Waals surface area contributed by atoms with Gasteiger partial charge in [0.2, 0.25) is 0 Å². The molecule has 142 valence electrons. The molecule has 0 saturated carbocycles. The number of nitrogens with one attached hydrogen (secondary N) is 1. The monoisotopic (exact) mass is 502 g/mol. The van der Waals surface area contributed by atoms with Gasteiger partial charge < -0.3 is 9.84 Å². The molecule has 0 bridgehead atoms. The van der Waals surface area contributed by atoms with Crippen LogP contribution in [-0.4, -0.2) is 17.2 Å². The van der Waals surface area contributed by atoms with Crippen LogP contribution in [0.4, 0.5) is 0 Å². The maximum absolute atomic E-state index is 12.5. The molecule has 0 saturated heterocycles. The minimum Gasteiger partial charge on any atom is -0.506 e. The standard InChI is InChI=1S/C21H16Br2N2O3/c22-17-10-15(11-18(23)20(17)26)12-24-25-21(27)16-8-4-5-9-19(16)28-13-14-6-2-1-3-7-14/h1-12,26H,13H2,(H,25,27)/b24-12+. The van der Waals surface area contributed by atoms with Crippen LogP contribution in [-0.2, 0) is 6.61 Å². The molecule has 3 aromatic carbocycles. The van der Waals surface area contributed by atoms with Crippen LogP contribution in [0.1, 0.15) is 21.5 Å². The number of ether oxygens (including phenoxy) is 1. The number of para-hydroxylation sites is 1. The number of amides is 1. The number of nitrogens with zero attached hydrogens (tertiary/aromatic N) is 1. The van der Waals surface area contributed by atoms with E-state index in [0.717, 1.165) is 5.56 Å². The Hall–Kier alpha value is -2.64. The van der Waals surface area contributed by atoms with E-state index in [4.69, 9.17) is 4.74 Å². The average molecular weight is 504 g/mol. The maximum atomic E-state index is 12.5. The van der Waals surface area contributed by atoms with Gasteiger partial charge in [-0.05, 0) is 67.3 Å². The molecule has 0 aliphatic heterocycles. The van der Waals surface area contributed by atoms with E-state index in [2.05, 4.69) is 42.4 Å². The van der Waals surface area contributed by atoms with Gasteiger partial charge in [0.1, 0.15) is 18.1 Å². The molecular formula is C21H16Br2N2O3. The van der Waals surface area contributed by atoms with Gasteiger partial charge in [-0.15, -0.1) is 0 Å². The fourth-order valence-electron chi connectivity index (χ4n) is 2.40. The molecule has 5 nitrogen and oxygen atoms in total. The summed E-state index contributed by atoms with van der Waals surface area (Å²) in [4.78, 5) is 12.5. The summed E-state index contributed by atoms with van der Waals surface area (Å²) in [6, 6.07) is 20.1. The number of phenolic OH excluding ortho intramolecular Hbond substituents is 1. The highest BCUT2D eigenvalue weighted by Gasteiger charge is 2.11. The van der Waals surface area contributed by atoms with Crippen LogP contribution in [0.2, 0.25) is 0 Å². The molecule has 0 heterocycles. The van der Waals surface area contributed by atoms with Crippen molar-refractivity contribution in [1.29, 1.82) is 0 Å². The van der Waals surface area contributed by atoms with Crippen molar-refractivity contribution >= 4 is 44.0 Å². The van der Waals surface area contributed by atoms with Crippen LogP contribution in [0.25, 0.3) is 0 Å². The minimum atomic E-state index is -0.378. The van der Waals surface area contributed by atoms with E-state index in [1.807, 2.05) is 36.4 Å². The van der Waals surface area contributed by atoms with Gasteiger partial charge in [0.15, 0.2) is 0 Å². The highest BCUT2D eigenvalue weighted by molar-refractivity contribution is 9.11. The number of carbonyl (C=O) groups excluding carboxylic acids is 1. The van der Waals surface area contributed by atoms with Gasteiger partial charge in [0.25, 0.3) is 5.91 Å². The Morgan fingerprint density at radius 1 is 1.04 bits per heavy atom. The number of benzene rings is 3. The summed E-state index contributed by atoms with van der Waals surface area (Å²) in [5, 5.41) is 13.7. The smallest absolute Gasteiger partial charge is 0.275 e.